The summed E-state index contributed by atoms with van der Waals surface area (Å²) in [6.07, 6.45) is -4.37. The zero-order valence-corrected chi connectivity index (χ0v) is 12.6. The number of benzene rings is 1. The first-order valence-corrected chi connectivity index (χ1v) is 7.56. The standard InChI is InChI=1S/C14H17F3N2OS/c1-9-12(20)19(7-6-18-2)13(21-9)10-4-3-5-11(8-10)14(15,16)17/h3-5,8-9,13,18H,6-7H2,1-2H3/t9-,13+/m1/s1. The van der Waals surface area contributed by atoms with Crippen LogP contribution in [0.2, 0.25) is 0 Å². The van der Waals surface area contributed by atoms with Crippen molar-refractivity contribution >= 4 is 17.7 Å². The van der Waals surface area contributed by atoms with E-state index in [1.54, 1.807) is 24.9 Å². The molecule has 1 N–H and O–H groups in total. The Morgan fingerprint density at radius 1 is 1.38 bits per heavy atom. The number of hydrogen-bond donors (Lipinski definition) is 1. The van der Waals surface area contributed by atoms with Crippen molar-refractivity contribution in [1.82, 2.24) is 10.2 Å². The summed E-state index contributed by atoms with van der Waals surface area (Å²) in [5.41, 5.74) is -0.162. The van der Waals surface area contributed by atoms with Crippen LogP contribution in [0.3, 0.4) is 0 Å². The zero-order chi connectivity index (χ0) is 15.6. The van der Waals surface area contributed by atoms with Crippen molar-refractivity contribution in [3.8, 4) is 0 Å². The molecule has 1 aromatic rings. The lowest BCUT2D eigenvalue weighted by Crippen LogP contribution is -2.35. The van der Waals surface area contributed by atoms with E-state index in [1.807, 2.05) is 0 Å². The van der Waals surface area contributed by atoms with Crippen molar-refractivity contribution in [1.29, 1.82) is 0 Å². The maximum absolute atomic E-state index is 12.8. The zero-order valence-electron chi connectivity index (χ0n) is 11.8. The number of carbonyl (C=O) groups excluding carboxylic acids is 1. The lowest BCUT2D eigenvalue weighted by atomic mass is 10.1. The molecule has 0 bridgehead atoms. The second kappa shape index (κ2) is 6.27. The van der Waals surface area contributed by atoms with Gasteiger partial charge in [0.05, 0.1) is 10.8 Å². The molecule has 0 radical (unpaired) electrons. The molecule has 1 aromatic carbocycles. The first-order chi connectivity index (χ1) is 9.84. The van der Waals surface area contributed by atoms with E-state index < -0.39 is 11.7 Å². The van der Waals surface area contributed by atoms with Crippen LogP contribution in [0, 0.1) is 0 Å². The number of likely N-dealkylation sites (N-methyl/N-ethyl adjacent to an activating group) is 1. The molecule has 3 nitrogen and oxygen atoms in total. The van der Waals surface area contributed by atoms with Crippen molar-refractivity contribution in [3.05, 3.63) is 35.4 Å². The topological polar surface area (TPSA) is 32.3 Å². The molecule has 116 valence electrons. The molecular weight excluding hydrogens is 301 g/mol. The molecule has 0 aliphatic carbocycles. The summed E-state index contributed by atoms with van der Waals surface area (Å²) in [6, 6.07) is 5.22. The number of carbonyl (C=O) groups is 1. The summed E-state index contributed by atoms with van der Waals surface area (Å²) in [6.45, 7) is 2.87. The Morgan fingerprint density at radius 3 is 2.71 bits per heavy atom. The van der Waals surface area contributed by atoms with Gasteiger partial charge in [-0.15, -0.1) is 11.8 Å². The van der Waals surface area contributed by atoms with Crippen LogP contribution < -0.4 is 5.32 Å². The minimum atomic E-state index is -4.37. The van der Waals surface area contributed by atoms with Gasteiger partial charge in [0.15, 0.2) is 0 Å². The minimum absolute atomic E-state index is 0.0299. The van der Waals surface area contributed by atoms with E-state index in [0.29, 0.717) is 18.7 Å². The average Bonchev–Trinajstić information content (AvgIpc) is 2.72. The van der Waals surface area contributed by atoms with Gasteiger partial charge >= 0.3 is 6.18 Å². The van der Waals surface area contributed by atoms with Gasteiger partial charge in [0.1, 0.15) is 5.37 Å². The van der Waals surface area contributed by atoms with E-state index in [4.69, 9.17) is 0 Å². The molecule has 1 aliphatic heterocycles. The molecular formula is C14H17F3N2OS. The molecule has 21 heavy (non-hydrogen) atoms. The molecule has 1 amide bonds. The summed E-state index contributed by atoms with van der Waals surface area (Å²) in [5.74, 6) is -0.0299. The fourth-order valence-electron chi connectivity index (χ4n) is 2.26. The van der Waals surface area contributed by atoms with Crippen LogP contribution in [0.5, 0.6) is 0 Å². The van der Waals surface area contributed by atoms with Gasteiger partial charge in [-0.25, -0.2) is 0 Å². The summed E-state index contributed by atoms with van der Waals surface area (Å²) in [4.78, 5) is 13.8. The molecule has 7 heteroatoms. The van der Waals surface area contributed by atoms with Crippen molar-refractivity contribution in [2.45, 2.75) is 23.7 Å². The predicted molar refractivity (Wildman–Crippen MR) is 76.9 cm³/mol. The van der Waals surface area contributed by atoms with E-state index in [-0.39, 0.29) is 16.5 Å². The largest absolute Gasteiger partial charge is 0.416 e. The van der Waals surface area contributed by atoms with Crippen LogP contribution >= 0.6 is 11.8 Å². The molecule has 1 saturated heterocycles. The van der Waals surface area contributed by atoms with Crippen LogP contribution in [0.15, 0.2) is 24.3 Å². The number of hydrogen-bond acceptors (Lipinski definition) is 3. The van der Waals surface area contributed by atoms with E-state index in [1.165, 1.54) is 17.8 Å². The number of alkyl halides is 3. The second-order valence-corrected chi connectivity index (χ2v) is 6.31. The number of amides is 1. The van der Waals surface area contributed by atoms with Crippen LogP contribution in [0.25, 0.3) is 0 Å². The third-order valence-electron chi connectivity index (χ3n) is 3.35. The molecule has 0 unspecified atom stereocenters. The highest BCUT2D eigenvalue weighted by Crippen LogP contribution is 2.43. The Morgan fingerprint density at radius 2 is 2.10 bits per heavy atom. The van der Waals surface area contributed by atoms with Crippen molar-refractivity contribution < 1.29 is 18.0 Å². The fraction of sp³-hybridized carbons (Fsp3) is 0.500. The van der Waals surface area contributed by atoms with Gasteiger partial charge in [0.25, 0.3) is 0 Å². The Bertz CT molecular complexity index is 521. The first-order valence-electron chi connectivity index (χ1n) is 6.62. The Kier molecular flexibility index (Phi) is 4.83. The minimum Gasteiger partial charge on any atom is -0.324 e. The molecule has 1 heterocycles. The first kappa shape index (κ1) is 16.2. The monoisotopic (exact) mass is 318 g/mol. The SMILES string of the molecule is CNCCN1C(=O)[C@@H](C)S[C@H]1c1cccc(C(F)(F)F)c1. The van der Waals surface area contributed by atoms with Gasteiger partial charge in [-0.1, -0.05) is 12.1 Å². The van der Waals surface area contributed by atoms with Gasteiger partial charge in [0.2, 0.25) is 5.91 Å². The van der Waals surface area contributed by atoms with Crippen molar-refractivity contribution in [2.75, 3.05) is 20.1 Å². The van der Waals surface area contributed by atoms with Crippen LogP contribution in [0.1, 0.15) is 23.4 Å². The van der Waals surface area contributed by atoms with Gasteiger partial charge in [-0.05, 0) is 31.7 Å². The normalized spacial score (nSPS) is 22.9. The molecule has 1 fully saturated rings. The van der Waals surface area contributed by atoms with E-state index in [0.717, 1.165) is 12.1 Å². The maximum Gasteiger partial charge on any atom is 0.416 e. The van der Waals surface area contributed by atoms with Crippen LogP contribution in [-0.2, 0) is 11.0 Å². The van der Waals surface area contributed by atoms with Gasteiger partial charge < -0.3 is 10.2 Å². The predicted octanol–water partition coefficient (Wildman–Crippen LogP) is 2.89. The lowest BCUT2D eigenvalue weighted by molar-refractivity contribution is -0.137. The van der Waals surface area contributed by atoms with Gasteiger partial charge in [-0.3, -0.25) is 4.79 Å². The number of nitrogens with zero attached hydrogens (tertiary/aromatic N) is 1. The highest BCUT2D eigenvalue weighted by molar-refractivity contribution is 8.01. The number of nitrogens with one attached hydrogen (secondary N) is 1. The molecule has 2 atom stereocenters. The summed E-state index contributed by atoms with van der Waals surface area (Å²) in [7, 11) is 1.77. The van der Waals surface area contributed by atoms with Crippen LogP contribution in [0.4, 0.5) is 13.2 Å². The molecule has 2 rings (SSSR count). The Labute approximate surface area is 125 Å². The van der Waals surface area contributed by atoms with E-state index in [9.17, 15) is 18.0 Å². The molecule has 0 aromatic heterocycles. The third kappa shape index (κ3) is 3.52. The highest BCUT2D eigenvalue weighted by atomic mass is 32.2. The molecule has 0 spiro atoms. The fourth-order valence-corrected chi connectivity index (χ4v) is 3.56. The summed E-state index contributed by atoms with van der Waals surface area (Å²) in [5, 5.41) is 2.36. The second-order valence-electron chi connectivity index (χ2n) is 4.89. The third-order valence-corrected chi connectivity index (χ3v) is 4.74. The average molecular weight is 318 g/mol. The van der Waals surface area contributed by atoms with Crippen molar-refractivity contribution in [2.24, 2.45) is 0 Å². The smallest absolute Gasteiger partial charge is 0.324 e. The Hall–Kier alpha value is -1.21. The van der Waals surface area contributed by atoms with Gasteiger partial charge in [0, 0.05) is 13.1 Å². The van der Waals surface area contributed by atoms with E-state index in [2.05, 4.69) is 5.32 Å². The highest BCUT2D eigenvalue weighted by Gasteiger charge is 2.39. The van der Waals surface area contributed by atoms with Gasteiger partial charge in [-0.2, -0.15) is 13.2 Å². The summed E-state index contributed by atoms with van der Waals surface area (Å²) >= 11 is 1.39. The Balaban J connectivity index is 2.29. The summed E-state index contributed by atoms with van der Waals surface area (Å²) < 4.78 is 38.4. The van der Waals surface area contributed by atoms with E-state index >= 15 is 0 Å². The number of rotatable bonds is 4. The van der Waals surface area contributed by atoms with Crippen molar-refractivity contribution in [3.63, 3.8) is 0 Å². The maximum atomic E-state index is 12.8. The molecule has 0 saturated carbocycles. The lowest BCUT2D eigenvalue weighted by Gasteiger charge is -2.24. The number of thioether (sulfide) groups is 1. The quantitative estimate of drug-likeness (QED) is 0.926. The van der Waals surface area contributed by atoms with Crippen LogP contribution in [-0.4, -0.2) is 36.2 Å². The number of halogens is 3. The molecule has 1 aliphatic rings.